The quantitative estimate of drug-likeness (QED) is 0.746. The first kappa shape index (κ1) is 13.4. The normalized spacial score (nSPS) is 10.6. The molecule has 0 aliphatic rings. The summed E-state index contributed by atoms with van der Waals surface area (Å²) in [6.45, 7) is 3.11. The fourth-order valence-corrected chi connectivity index (χ4v) is 2.26. The van der Waals surface area contributed by atoms with Crippen molar-refractivity contribution in [3.8, 4) is 11.8 Å². The van der Waals surface area contributed by atoms with Crippen LogP contribution in [0, 0.1) is 11.3 Å². The molecule has 1 heterocycles. The zero-order chi connectivity index (χ0) is 13.7. The van der Waals surface area contributed by atoms with Gasteiger partial charge in [0, 0.05) is 12.6 Å². The van der Waals surface area contributed by atoms with Gasteiger partial charge in [0.05, 0.1) is 30.6 Å². The van der Waals surface area contributed by atoms with Gasteiger partial charge in [0.15, 0.2) is 0 Å². The van der Waals surface area contributed by atoms with Crippen molar-refractivity contribution in [2.24, 2.45) is 0 Å². The molecule has 0 bridgehead atoms. The van der Waals surface area contributed by atoms with Crippen molar-refractivity contribution in [2.45, 2.75) is 39.2 Å². The fourth-order valence-electron chi connectivity index (χ4n) is 2.26. The molecule has 1 aromatic carbocycles. The van der Waals surface area contributed by atoms with Gasteiger partial charge in [0.25, 0.3) is 0 Å². The Bertz CT molecular complexity index is 595. The monoisotopic (exact) mass is 257 g/mol. The summed E-state index contributed by atoms with van der Waals surface area (Å²) >= 11 is 0. The summed E-state index contributed by atoms with van der Waals surface area (Å²) in [6.07, 6.45) is 3.85. The smallest absolute Gasteiger partial charge is 0.124 e. The van der Waals surface area contributed by atoms with Crippen molar-refractivity contribution >= 4 is 11.0 Å². The minimum absolute atomic E-state index is 0.350. The molecule has 4 nitrogen and oxygen atoms in total. The van der Waals surface area contributed by atoms with E-state index in [9.17, 15) is 0 Å². The number of unbranched alkanes of at least 4 members (excludes halogenated alkanes) is 2. The molecule has 0 saturated heterocycles. The molecule has 0 aliphatic heterocycles. The number of hydrogen-bond acceptors (Lipinski definition) is 3. The number of hydrogen-bond donors (Lipinski definition) is 0. The van der Waals surface area contributed by atoms with Crippen LogP contribution in [0.4, 0.5) is 0 Å². The van der Waals surface area contributed by atoms with Gasteiger partial charge in [0.1, 0.15) is 11.6 Å². The van der Waals surface area contributed by atoms with E-state index in [2.05, 4.69) is 22.5 Å². The lowest BCUT2D eigenvalue weighted by Gasteiger charge is -2.07. The van der Waals surface area contributed by atoms with Crippen LogP contribution in [-0.4, -0.2) is 16.7 Å². The van der Waals surface area contributed by atoms with Gasteiger partial charge in [-0.25, -0.2) is 4.98 Å². The molecule has 0 N–H and O–H groups in total. The van der Waals surface area contributed by atoms with Crippen LogP contribution in [0.5, 0.6) is 5.75 Å². The van der Waals surface area contributed by atoms with Gasteiger partial charge < -0.3 is 9.30 Å². The highest BCUT2D eigenvalue weighted by Gasteiger charge is 2.10. The Morgan fingerprint density at radius 1 is 1.37 bits per heavy atom. The molecule has 19 heavy (non-hydrogen) atoms. The van der Waals surface area contributed by atoms with Crippen molar-refractivity contribution in [1.82, 2.24) is 9.55 Å². The van der Waals surface area contributed by atoms with E-state index in [1.165, 1.54) is 12.8 Å². The lowest BCUT2D eigenvalue weighted by Crippen LogP contribution is -2.03. The third-order valence-corrected chi connectivity index (χ3v) is 3.26. The highest BCUT2D eigenvalue weighted by Crippen LogP contribution is 2.22. The van der Waals surface area contributed by atoms with E-state index in [1.54, 1.807) is 7.11 Å². The van der Waals surface area contributed by atoms with Gasteiger partial charge in [-0.1, -0.05) is 19.8 Å². The molecule has 0 atom stereocenters. The maximum Gasteiger partial charge on any atom is 0.124 e. The first-order valence-corrected chi connectivity index (χ1v) is 6.70. The zero-order valence-corrected chi connectivity index (χ0v) is 11.5. The summed E-state index contributed by atoms with van der Waals surface area (Å²) in [5.41, 5.74) is 1.99. The molecule has 0 saturated carbocycles. The fraction of sp³-hybridized carbons (Fsp3) is 0.467. The maximum atomic E-state index is 8.91. The van der Waals surface area contributed by atoms with E-state index in [0.717, 1.165) is 35.6 Å². The molecule has 2 aromatic rings. The Hall–Kier alpha value is -2.02. The Morgan fingerprint density at radius 3 is 2.89 bits per heavy atom. The van der Waals surface area contributed by atoms with Crippen molar-refractivity contribution in [2.75, 3.05) is 7.11 Å². The number of aryl methyl sites for hydroxylation is 1. The molecule has 0 fully saturated rings. The highest BCUT2D eigenvalue weighted by molar-refractivity contribution is 5.77. The first-order valence-electron chi connectivity index (χ1n) is 6.70. The van der Waals surface area contributed by atoms with Crippen molar-refractivity contribution in [3.05, 3.63) is 24.0 Å². The summed E-state index contributed by atoms with van der Waals surface area (Å²) in [6, 6.07) is 8.08. The largest absolute Gasteiger partial charge is 0.497 e. The first-order chi connectivity index (χ1) is 9.30. The van der Waals surface area contributed by atoms with E-state index in [4.69, 9.17) is 10.00 Å². The van der Waals surface area contributed by atoms with Gasteiger partial charge in [-0.2, -0.15) is 5.26 Å². The van der Waals surface area contributed by atoms with Crippen molar-refractivity contribution < 1.29 is 4.74 Å². The van der Waals surface area contributed by atoms with Crippen LogP contribution in [0.15, 0.2) is 18.2 Å². The molecule has 0 spiro atoms. The van der Waals surface area contributed by atoms with Crippen LogP contribution in [0.3, 0.4) is 0 Å². The van der Waals surface area contributed by atoms with Crippen LogP contribution in [0.2, 0.25) is 0 Å². The summed E-state index contributed by atoms with van der Waals surface area (Å²) < 4.78 is 7.38. The minimum atomic E-state index is 0.350. The number of imidazole rings is 1. The summed E-state index contributed by atoms with van der Waals surface area (Å²) in [7, 11) is 1.65. The predicted molar refractivity (Wildman–Crippen MR) is 75.1 cm³/mol. The number of benzene rings is 1. The summed E-state index contributed by atoms with van der Waals surface area (Å²) in [5, 5.41) is 8.91. The molecule has 0 amide bonds. The Kier molecular flexibility index (Phi) is 4.40. The number of methoxy groups -OCH3 is 1. The molecule has 0 unspecified atom stereocenters. The van der Waals surface area contributed by atoms with Gasteiger partial charge in [0.2, 0.25) is 0 Å². The lowest BCUT2D eigenvalue weighted by molar-refractivity contribution is 0.415. The SMILES string of the molecule is CCCCCn1c(CC#N)nc2cc(OC)ccc21. The van der Waals surface area contributed by atoms with Crippen LogP contribution in [-0.2, 0) is 13.0 Å². The molecule has 2 rings (SSSR count). The Morgan fingerprint density at radius 2 is 2.21 bits per heavy atom. The summed E-state index contributed by atoms with van der Waals surface area (Å²) in [5.74, 6) is 1.65. The van der Waals surface area contributed by atoms with Gasteiger partial charge in [-0.05, 0) is 18.6 Å². The van der Waals surface area contributed by atoms with E-state index < -0.39 is 0 Å². The van der Waals surface area contributed by atoms with Crippen LogP contribution >= 0.6 is 0 Å². The van der Waals surface area contributed by atoms with Crippen LogP contribution in [0.25, 0.3) is 11.0 Å². The summed E-state index contributed by atoms with van der Waals surface area (Å²) in [4.78, 5) is 4.55. The van der Waals surface area contributed by atoms with Crippen LogP contribution in [0.1, 0.15) is 32.0 Å². The molecular formula is C15H19N3O. The molecule has 1 aromatic heterocycles. The topological polar surface area (TPSA) is 50.8 Å². The Balaban J connectivity index is 2.39. The predicted octanol–water partition coefficient (Wildman–Crippen LogP) is 3.30. The lowest BCUT2D eigenvalue weighted by atomic mass is 10.2. The maximum absolute atomic E-state index is 8.91. The van der Waals surface area contributed by atoms with E-state index in [0.29, 0.717) is 6.42 Å². The van der Waals surface area contributed by atoms with Gasteiger partial charge >= 0.3 is 0 Å². The van der Waals surface area contributed by atoms with E-state index >= 15 is 0 Å². The molecular weight excluding hydrogens is 238 g/mol. The number of nitriles is 1. The molecule has 0 aliphatic carbocycles. The molecule has 4 heteroatoms. The third-order valence-electron chi connectivity index (χ3n) is 3.26. The van der Waals surface area contributed by atoms with E-state index in [1.807, 2.05) is 18.2 Å². The second-order valence-electron chi connectivity index (χ2n) is 4.58. The van der Waals surface area contributed by atoms with Gasteiger partial charge in [-0.15, -0.1) is 0 Å². The number of fused-ring (bicyclic) bond motifs is 1. The zero-order valence-electron chi connectivity index (χ0n) is 11.5. The second kappa shape index (κ2) is 6.24. The number of rotatable bonds is 6. The molecule has 0 radical (unpaired) electrons. The van der Waals surface area contributed by atoms with Crippen molar-refractivity contribution in [3.63, 3.8) is 0 Å². The highest BCUT2D eigenvalue weighted by atomic mass is 16.5. The average molecular weight is 257 g/mol. The van der Waals surface area contributed by atoms with Crippen LogP contribution < -0.4 is 4.74 Å². The third kappa shape index (κ3) is 2.87. The number of nitrogens with zero attached hydrogens (tertiary/aromatic N) is 3. The second-order valence-corrected chi connectivity index (χ2v) is 4.58. The standard InChI is InChI=1S/C15H19N3O/c1-3-4-5-10-18-14-7-6-12(19-2)11-13(14)17-15(18)8-9-16/h6-7,11H,3-5,8,10H2,1-2H3. The molecule has 100 valence electrons. The van der Waals surface area contributed by atoms with Crippen molar-refractivity contribution in [1.29, 1.82) is 5.26 Å². The minimum Gasteiger partial charge on any atom is -0.497 e. The number of ether oxygens (including phenoxy) is 1. The number of aromatic nitrogens is 2. The average Bonchev–Trinajstić information content (AvgIpc) is 2.76. The Labute approximate surface area is 113 Å². The van der Waals surface area contributed by atoms with Gasteiger partial charge in [-0.3, -0.25) is 0 Å². The van der Waals surface area contributed by atoms with E-state index in [-0.39, 0.29) is 0 Å².